The molecule has 0 unspecified atom stereocenters. The summed E-state index contributed by atoms with van der Waals surface area (Å²) in [5, 5.41) is 0.624. The fourth-order valence-electron chi connectivity index (χ4n) is 2.76. The van der Waals surface area contributed by atoms with Crippen molar-refractivity contribution >= 4 is 29.1 Å². The second kappa shape index (κ2) is 7.79. The minimum atomic E-state index is -0.0819. The van der Waals surface area contributed by atoms with E-state index < -0.39 is 0 Å². The standard InChI is InChI=1S/C17H24ClN3O2/c1-13-15(18)5-4-6-16(13)21(14(2)22)8-7-17(23)20-11-9-19(3)10-12-20/h4-6H,7-12H2,1-3H3. The number of anilines is 1. The lowest BCUT2D eigenvalue weighted by atomic mass is 10.1. The molecule has 0 saturated carbocycles. The normalized spacial score (nSPS) is 15.6. The average Bonchev–Trinajstić information content (AvgIpc) is 2.51. The lowest BCUT2D eigenvalue weighted by Crippen LogP contribution is -2.48. The first kappa shape index (κ1) is 17.8. The van der Waals surface area contributed by atoms with Crippen LogP contribution in [0.3, 0.4) is 0 Å². The topological polar surface area (TPSA) is 43.9 Å². The number of nitrogens with zero attached hydrogens (tertiary/aromatic N) is 3. The third-order valence-electron chi connectivity index (χ3n) is 4.32. The fourth-order valence-corrected chi connectivity index (χ4v) is 2.93. The van der Waals surface area contributed by atoms with Gasteiger partial charge in [-0.3, -0.25) is 9.59 Å². The summed E-state index contributed by atoms with van der Waals surface area (Å²) in [6, 6.07) is 5.49. The van der Waals surface area contributed by atoms with Crippen LogP contribution in [0.25, 0.3) is 0 Å². The number of likely N-dealkylation sites (N-methyl/N-ethyl adjacent to an activating group) is 1. The zero-order chi connectivity index (χ0) is 17.0. The largest absolute Gasteiger partial charge is 0.340 e. The monoisotopic (exact) mass is 337 g/mol. The molecule has 0 bridgehead atoms. The molecular weight excluding hydrogens is 314 g/mol. The van der Waals surface area contributed by atoms with E-state index in [9.17, 15) is 9.59 Å². The van der Waals surface area contributed by atoms with E-state index in [0.717, 1.165) is 37.4 Å². The van der Waals surface area contributed by atoms with Gasteiger partial charge in [0.15, 0.2) is 0 Å². The maximum absolute atomic E-state index is 12.4. The average molecular weight is 338 g/mol. The Bertz CT molecular complexity index is 583. The first-order chi connectivity index (χ1) is 10.9. The van der Waals surface area contributed by atoms with Gasteiger partial charge in [-0.25, -0.2) is 0 Å². The summed E-state index contributed by atoms with van der Waals surface area (Å²) < 4.78 is 0. The summed E-state index contributed by atoms with van der Waals surface area (Å²) in [6.07, 6.45) is 0.329. The molecular formula is C17H24ClN3O2. The number of halogens is 1. The van der Waals surface area contributed by atoms with E-state index in [1.165, 1.54) is 6.92 Å². The van der Waals surface area contributed by atoms with Crippen molar-refractivity contribution in [1.82, 2.24) is 9.80 Å². The molecule has 1 aromatic rings. The molecule has 2 amide bonds. The van der Waals surface area contributed by atoms with Crippen LogP contribution in [0, 0.1) is 6.92 Å². The molecule has 0 spiro atoms. The Morgan fingerprint density at radius 2 is 1.87 bits per heavy atom. The van der Waals surface area contributed by atoms with Crippen molar-refractivity contribution in [2.75, 3.05) is 44.7 Å². The van der Waals surface area contributed by atoms with Crippen molar-refractivity contribution < 1.29 is 9.59 Å². The van der Waals surface area contributed by atoms with Crippen LogP contribution in [0.1, 0.15) is 18.9 Å². The first-order valence-electron chi connectivity index (χ1n) is 7.89. The maximum Gasteiger partial charge on any atom is 0.224 e. The van der Waals surface area contributed by atoms with Gasteiger partial charge in [-0.2, -0.15) is 0 Å². The molecule has 0 aromatic heterocycles. The third-order valence-corrected chi connectivity index (χ3v) is 4.72. The summed E-state index contributed by atoms with van der Waals surface area (Å²) in [5.74, 6) is 0.0191. The summed E-state index contributed by atoms with van der Waals surface area (Å²) in [6.45, 7) is 7.08. The molecule has 1 aliphatic rings. The van der Waals surface area contributed by atoms with Crippen LogP contribution >= 0.6 is 11.6 Å². The highest BCUT2D eigenvalue weighted by atomic mass is 35.5. The van der Waals surface area contributed by atoms with Crippen LogP contribution in [-0.4, -0.2) is 61.4 Å². The molecule has 6 heteroatoms. The number of amides is 2. The molecule has 126 valence electrons. The SMILES string of the molecule is CC(=O)N(CCC(=O)N1CCN(C)CC1)c1cccc(Cl)c1C. The molecule has 1 heterocycles. The van der Waals surface area contributed by atoms with Gasteiger partial charge in [-0.15, -0.1) is 0 Å². The minimum Gasteiger partial charge on any atom is -0.340 e. The highest BCUT2D eigenvalue weighted by Crippen LogP contribution is 2.26. The van der Waals surface area contributed by atoms with Gasteiger partial charge in [0, 0.05) is 56.8 Å². The van der Waals surface area contributed by atoms with E-state index in [0.29, 0.717) is 18.0 Å². The van der Waals surface area contributed by atoms with Gasteiger partial charge in [-0.05, 0) is 31.7 Å². The van der Waals surface area contributed by atoms with Crippen molar-refractivity contribution in [3.63, 3.8) is 0 Å². The zero-order valence-corrected chi connectivity index (χ0v) is 14.8. The predicted octanol–water partition coefficient (Wildman–Crippen LogP) is 2.17. The molecule has 1 aliphatic heterocycles. The highest BCUT2D eigenvalue weighted by Gasteiger charge is 2.21. The van der Waals surface area contributed by atoms with Gasteiger partial charge >= 0.3 is 0 Å². The smallest absolute Gasteiger partial charge is 0.224 e. The van der Waals surface area contributed by atoms with Crippen molar-refractivity contribution in [3.05, 3.63) is 28.8 Å². The first-order valence-corrected chi connectivity index (χ1v) is 8.27. The molecule has 1 aromatic carbocycles. The van der Waals surface area contributed by atoms with Crippen LogP contribution < -0.4 is 4.90 Å². The van der Waals surface area contributed by atoms with Crippen LogP contribution in [0.4, 0.5) is 5.69 Å². The van der Waals surface area contributed by atoms with Crippen LogP contribution in [0.15, 0.2) is 18.2 Å². The molecule has 2 rings (SSSR count). The Hall–Kier alpha value is -1.59. The summed E-state index contributed by atoms with van der Waals surface area (Å²) in [4.78, 5) is 30.1. The van der Waals surface area contributed by atoms with Gasteiger partial charge in [0.25, 0.3) is 0 Å². The van der Waals surface area contributed by atoms with Crippen LogP contribution in [0.2, 0.25) is 5.02 Å². The summed E-state index contributed by atoms with van der Waals surface area (Å²) >= 11 is 6.14. The zero-order valence-electron chi connectivity index (χ0n) is 14.0. The lowest BCUT2D eigenvalue weighted by Gasteiger charge is -2.33. The quantitative estimate of drug-likeness (QED) is 0.845. The van der Waals surface area contributed by atoms with Crippen molar-refractivity contribution in [2.24, 2.45) is 0 Å². The van der Waals surface area contributed by atoms with Crippen molar-refractivity contribution in [3.8, 4) is 0 Å². The molecule has 0 aliphatic carbocycles. The Morgan fingerprint density at radius 1 is 1.22 bits per heavy atom. The molecule has 5 nitrogen and oxygen atoms in total. The number of rotatable bonds is 4. The number of hydrogen-bond donors (Lipinski definition) is 0. The second-order valence-electron chi connectivity index (χ2n) is 5.99. The van der Waals surface area contributed by atoms with E-state index in [1.807, 2.05) is 24.0 Å². The summed E-state index contributed by atoms with van der Waals surface area (Å²) in [5.41, 5.74) is 1.63. The molecule has 0 N–H and O–H groups in total. The Balaban J connectivity index is 2.02. The molecule has 1 saturated heterocycles. The summed E-state index contributed by atoms with van der Waals surface area (Å²) in [7, 11) is 2.06. The number of piperazine rings is 1. The van der Waals surface area contributed by atoms with Gasteiger partial charge in [0.2, 0.25) is 11.8 Å². The van der Waals surface area contributed by atoms with Gasteiger partial charge in [0.05, 0.1) is 0 Å². The van der Waals surface area contributed by atoms with Gasteiger partial charge < -0.3 is 14.7 Å². The molecule has 1 fully saturated rings. The van der Waals surface area contributed by atoms with E-state index in [-0.39, 0.29) is 11.8 Å². The maximum atomic E-state index is 12.4. The number of hydrogen-bond acceptors (Lipinski definition) is 3. The minimum absolute atomic E-state index is 0.0819. The van der Waals surface area contributed by atoms with Crippen LogP contribution in [-0.2, 0) is 9.59 Å². The third kappa shape index (κ3) is 4.45. The molecule has 0 radical (unpaired) electrons. The second-order valence-corrected chi connectivity index (χ2v) is 6.40. The van der Waals surface area contributed by atoms with Gasteiger partial charge in [-0.1, -0.05) is 17.7 Å². The predicted molar refractivity (Wildman–Crippen MR) is 92.9 cm³/mol. The molecule has 23 heavy (non-hydrogen) atoms. The number of carbonyl (C=O) groups is 2. The Morgan fingerprint density at radius 3 is 2.48 bits per heavy atom. The van der Waals surface area contributed by atoms with E-state index in [4.69, 9.17) is 11.6 Å². The fraction of sp³-hybridized carbons (Fsp3) is 0.529. The van der Waals surface area contributed by atoms with E-state index in [2.05, 4.69) is 11.9 Å². The van der Waals surface area contributed by atoms with Crippen molar-refractivity contribution in [1.29, 1.82) is 0 Å². The Kier molecular flexibility index (Phi) is 6.02. The van der Waals surface area contributed by atoms with Crippen molar-refractivity contribution in [2.45, 2.75) is 20.3 Å². The van der Waals surface area contributed by atoms with Crippen LogP contribution in [0.5, 0.6) is 0 Å². The number of carbonyl (C=O) groups excluding carboxylic acids is 2. The highest BCUT2D eigenvalue weighted by molar-refractivity contribution is 6.31. The van der Waals surface area contributed by atoms with Gasteiger partial charge in [0.1, 0.15) is 0 Å². The Labute approximate surface area is 142 Å². The molecule has 0 atom stereocenters. The lowest BCUT2D eigenvalue weighted by molar-refractivity contribution is -0.132. The number of benzene rings is 1. The van der Waals surface area contributed by atoms with E-state index in [1.54, 1.807) is 11.0 Å². The van der Waals surface area contributed by atoms with E-state index >= 15 is 0 Å².